The molecule has 0 aliphatic carbocycles. The zero-order valence-corrected chi connectivity index (χ0v) is 16.3. The van der Waals surface area contributed by atoms with Crippen molar-refractivity contribution in [2.45, 2.75) is 32.4 Å². The summed E-state index contributed by atoms with van der Waals surface area (Å²) in [5, 5.41) is 3.56. The first-order valence-electron chi connectivity index (χ1n) is 8.07. The van der Waals surface area contributed by atoms with Gasteiger partial charge in [0.25, 0.3) is 5.91 Å². The quantitative estimate of drug-likeness (QED) is 0.815. The second-order valence-electron chi connectivity index (χ2n) is 5.57. The molecule has 1 aromatic carbocycles. The van der Waals surface area contributed by atoms with Crippen molar-refractivity contribution in [3.8, 4) is 5.75 Å². The molecular formula is C17H22ClN3O3S. The molecule has 2 rings (SSSR count). The predicted molar refractivity (Wildman–Crippen MR) is 103 cm³/mol. The molecule has 25 heavy (non-hydrogen) atoms. The van der Waals surface area contributed by atoms with Gasteiger partial charge < -0.3 is 15.0 Å². The lowest BCUT2D eigenvalue weighted by molar-refractivity contribution is -0.121. The maximum atomic E-state index is 12.4. The summed E-state index contributed by atoms with van der Waals surface area (Å²) in [5.74, 6) is -0.0439. The van der Waals surface area contributed by atoms with E-state index in [4.69, 9.17) is 16.3 Å². The van der Waals surface area contributed by atoms with Crippen LogP contribution in [0, 0.1) is 6.92 Å². The van der Waals surface area contributed by atoms with Gasteiger partial charge in [0, 0.05) is 30.6 Å². The number of methoxy groups -OCH3 is 1. The Labute approximate surface area is 157 Å². The zero-order chi connectivity index (χ0) is 18.6. The molecule has 6 nitrogen and oxygen atoms in total. The fourth-order valence-corrected chi connectivity index (χ4v) is 3.78. The molecule has 1 N–H and O–H groups in total. The van der Waals surface area contributed by atoms with Gasteiger partial charge in [-0.05, 0) is 32.4 Å². The lowest BCUT2D eigenvalue weighted by Crippen LogP contribution is -2.28. The van der Waals surface area contributed by atoms with E-state index in [-0.39, 0.29) is 18.2 Å². The van der Waals surface area contributed by atoms with E-state index in [2.05, 4.69) is 10.3 Å². The van der Waals surface area contributed by atoms with Crippen LogP contribution in [0.2, 0.25) is 5.02 Å². The average Bonchev–Trinajstić information content (AvgIpc) is 2.92. The van der Waals surface area contributed by atoms with Gasteiger partial charge in [0.1, 0.15) is 11.0 Å². The third-order valence-corrected chi connectivity index (χ3v) is 5.51. The summed E-state index contributed by atoms with van der Waals surface area (Å²) < 4.78 is 5.25. The Bertz CT molecular complexity index is 705. The second kappa shape index (κ2) is 8.58. The number of nitrogens with one attached hydrogen (secondary N) is 1. The lowest BCUT2D eigenvalue weighted by atomic mass is 10.2. The van der Waals surface area contributed by atoms with E-state index in [0.29, 0.717) is 21.6 Å². The van der Waals surface area contributed by atoms with Gasteiger partial charge in [0.2, 0.25) is 5.91 Å². The van der Waals surface area contributed by atoms with Crippen molar-refractivity contribution < 1.29 is 14.3 Å². The second-order valence-corrected chi connectivity index (χ2v) is 7.14. The minimum Gasteiger partial charge on any atom is -0.495 e. The number of aliphatic imine (C=N–C) groups is 1. The smallest absolute Gasteiger partial charge is 0.262 e. The Morgan fingerprint density at radius 3 is 2.68 bits per heavy atom. The van der Waals surface area contributed by atoms with Crippen LogP contribution in [0.5, 0.6) is 5.75 Å². The monoisotopic (exact) mass is 383 g/mol. The largest absolute Gasteiger partial charge is 0.495 e. The Hall–Kier alpha value is -1.73. The molecule has 0 spiro atoms. The number of halogens is 1. The van der Waals surface area contributed by atoms with Crippen molar-refractivity contribution in [2.24, 2.45) is 4.99 Å². The minimum atomic E-state index is -0.491. The molecule has 0 bridgehead atoms. The number of aryl methyl sites for hydroxylation is 1. The van der Waals surface area contributed by atoms with Crippen LogP contribution in [0.25, 0.3) is 0 Å². The Morgan fingerprint density at radius 2 is 2.08 bits per heavy atom. The summed E-state index contributed by atoms with van der Waals surface area (Å²) in [6, 6.07) is 3.41. The number of thioether (sulfide) groups is 1. The molecule has 1 atom stereocenters. The van der Waals surface area contributed by atoms with Crippen molar-refractivity contribution in [3.63, 3.8) is 0 Å². The van der Waals surface area contributed by atoms with Gasteiger partial charge in [0.15, 0.2) is 5.17 Å². The van der Waals surface area contributed by atoms with Crippen LogP contribution in [-0.2, 0) is 9.59 Å². The van der Waals surface area contributed by atoms with Crippen molar-refractivity contribution in [1.29, 1.82) is 0 Å². The van der Waals surface area contributed by atoms with E-state index in [1.54, 1.807) is 12.1 Å². The molecule has 136 valence electrons. The number of benzene rings is 1. The Kier molecular flexibility index (Phi) is 6.72. The summed E-state index contributed by atoms with van der Waals surface area (Å²) in [4.78, 5) is 30.5. The molecule has 0 fully saturated rings. The van der Waals surface area contributed by atoms with E-state index < -0.39 is 5.25 Å². The number of amidine groups is 1. The molecule has 1 aliphatic rings. The van der Waals surface area contributed by atoms with Crippen LogP contribution in [0.15, 0.2) is 17.1 Å². The van der Waals surface area contributed by atoms with Gasteiger partial charge in [0.05, 0.1) is 12.8 Å². The van der Waals surface area contributed by atoms with Crippen molar-refractivity contribution in [3.05, 3.63) is 22.7 Å². The van der Waals surface area contributed by atoms with Crippen molar-refractivity contribution in [1.82, 2.24) is 4.90 Å². The van der Waals surface area contributed by atoms with E-state index >= 15 is 0 Å². The summed E-state index contributed by atoms with van der Waals surface area (Å²) in [5.41, 5.74) is 1.37. The molecule has 0 saturated carbocycles. The molecule has 0 radical (unpaired) electrons. The molecule has 1 unspecified atom stereocenters. The first-order valence-corrected chi connectivity index (χ1v) is 9.33. The standard InChI is InChI=1S/C17H22ClN3O3S/c1-5-21(6-2)17-20-16(23)14(25-17)9-15(22)19-12-7-10(3)11(18)8-13(12)24-4/h7-8,14H,5-6,9H2,1-4H3,(H,19,22). The van der Waals surface area contributed by atoms with Gasteiger partial charge in [-0.15, -0.1) is 0 Å². The number of ether oxygens (including phenoxy) is 1. The van der Waals surface area contributed by atoms with E-state index in [9.17, 15) is 9.59 Å². The van der Waals surface area contributed by atoms with Gasteiger partial charge >= 0.3 is 0 Å². The number of carbonyl (C=O) groups excluding carboxylic acids is 2. The number of carbonyl (C=O) groups is 2. The van der Waals surface area contributed by atoms with E-state index in [1.807, 2.05) is 25.7 Å². The Morgan fingerprint density at radius 1 is 1.40 bits per heavy atom. The number of hydrogen-bond donors (Lipinski definition) is 1. The van der Waals surface area contributed by atoms with Crippen LogP contribution in [0.1, 0.15) is 25.8 Å². The van der Waals surface area contributed by atoms with Crippen molar-refractivity contribution >= 4 is 46.0 Å². The summed E-state index contributed by atoms with van der Waals surface area (Å²) in [6.45, 7) is 7.40. The minimum absolute atomic E-state index is 0.0581. The van der Waals surface area contributed by atoms with E-state index in [0.717, 1.165) is 18.7 Å². The van der Waals surface area contributed by atoms with Gasteiger partial charge in [-0.1, -0.05) is 23.4 Å². The fourth-order valence-electron chi connectivity index (χ4n) is 2.44. The van der Waals surface area contributed by atoms with Gasteiger partial charge in [-0.3, -0.25) is 9.59 Å². The van der Waals surface area contributed by atoms with Gasteiger partial charge in [-0.25, -0.2) is 0 Å². The number of amides is 2. The maximum absolute atomic E-state index is 12.4. The third-order valence-electron chi connectivity index (χ3n) is 3.89. The van der Waals surface area contributed by atoms with Crippen molar-refractivity contribution in [2.75, 3.05) is 25.5 Å². The number of anilines is 1. The van der Waals surface area contributed by atoms with E-state index in [1.165, 1.54) is 18.9 Å². The third kappa shape index (κ3) is 4.67. The first-order chi connectivity index (χ1) is 11.9. The number of nitrogens with zero attached hydrogens (tertiary/aromatic N) is 2. The van der Waals surface area contributed by atoms with Crippen LogP contribution < -0.4 is 10.1 Å². The molecule has 0 saturated heterocycles. The highest BCUT2D eigenvalue weighted by molar-refractivity contribution is 8.15. The first kappa shape index (κ1) is 19.6. The molecule has 1 aromatic rings. The molecule has 8 heteroatoms. The van der Waals surface area contributed by atoms with Crippen LogP contribution in [0.3, 0.4) is 0 Å². The summed E-state index contributed by atoms with van der Waals surface area (Å²) in [6.07, 6.45) is 0.0581. The lowest BCUT2D eigenvalue weighted by Gasteiger charge is -2.19. The Balaban J connectivity index is 2.02. The highest BCUT2D eigenvalue weighted by Gasteiger charge is 2.32. The average molecular weight is 384 g/mol. The highest BCUT2D eigenvalue weighted by Crippen LogP contribution is 2.32. The normalized spacial score (nSPS) is 16.6. The maximum Gasteiger partial charge on any atom is 0.262 e. The summed E-state index contributed by atoms with van der Waals surface area (Å²) >= 11 is 7.41. The zero-order valence-electron chi connectivity index (χ0n) is 14.8. The molecule has 2 amide bonds. The predicted octanol–water partition coefficient (Wildman–Crippen LogP) is 3.33. The van der Waals surface area contributed by atoms with Crippen LogP contribution in [-0.4, -0.2) is 47.3 Å². The highest BCUT2D eigenvalue weighted by atomic mass is 35.5. The molecule has 1 heterocycles. The molecular weight excluding hydrogens is 362 g/mol. The van der Waals surface area contributed by atoms with Crippen LogP contribution >= 0.6 is 23.4 Å². The number of rotatable bonds is 6. The fraction of sp³-hybridized carbons (Fsp3) is 0.471. The van der Waals surface area contributed by atoms with Gasteiger partial charge in [-0.2, -0.15) is 4.99 Å². The SMILES string of the molecule is CCN(CC)C1=NC(=O)C(CC(=O)Nc2cc(C)c(Cl)cc2OC)S1. The van der Waals surface area contributed by atoms with Crippen LogP contribution in [0.4, 0.5) is 5.69 Å². The topological polar surface area (TPSA) is 71.0 Å². The number of hydrogen-bond acceptors (Lipinski definition) is 5. The summed E-state index contributed by atoms with van der Waals surface area (Å²) in [7, 11) is 1.51. The molecule has 1 aliphatic heterocycles. The molecule has 0 aromatic heterocycles.